The first-order valence-electron chi connectivity index (χ1n) is 11.8. The van der Waals surface area contributed by atoms with Gasteiger partial charge in [0.05, 0.1) is 18.2 Å². The van der Waals surface area contributed by atoms with Gasteiger partial charge in [0.15, 0.2) is 0 Å². The van der Waals surface area contributed by atoms with E-state index in [2.05, 4.69) is 10.2 Å². The van der Waals surface area contributed by atoms with Gasteiger partial charge in [-0.05, 0) is 26.3 Å². The topological polar surface area (TPSA) is 82.2 Å². The Morgan fingerprint density at radius 1 is 1.15 bits per heavy atom. The second kappa shape index (κ2) is 10.8. The highest BCUT2D eigenvalue weighted by atomic mass is 16.5. The molecular weight excluding hydrogens is 420 g/mol. The van der Waals surface area contributed by atoms with Gasteiger partial charge in [0.25, 0.3) is 0 Å². The lowest BCUT2D eigenvalue weighted by atomic mass is 9.94. The molecule has 0 aliphatic carbocycles. The van der Waals surface area contributed by atoms with E-state index < -0.39 is 12.0 Å². The van der Waals surface area contributed by atoms with Crippen LogP contribution in [0.5, 0.6) is 0 Å². The van der Waals surface area contributed by atoms with Crippen LogP contribution in [-0.2, 0) is 14.3 Å². The first-order chi connectivity index (χ1) is 15.8. The molecule has 33 heavy (non-hydrogen) atoms. The van der Waals surface area contributed by atoms with Crippen molar-refractivity contribution in [1.82, 2.24) is 20.0 Å². The molecule has 1 saturated heterocycles. The van der Waals surface area contributed by atoms with Gasteiger partial charge in [-0.2, -0.15) is 0 Å². The van der Waals surface area contributed by atoms with E-state index >= 15 is 0 Å². The first-order valence-corrected chi connectivity index (χ1v) is 11.8. The van der Waals surface area contributed by atoms with Crippen LogP contribution in [0.1, 0.15) is 46.2 Å². The number of nitrogens with zero attached hydrogens (tertiary/aromatic N) is 3. The van der Waals surface area contributed by atoms with Crippen LogP contribution in [0.15, 0.2) is 41.6 Å². The average molecular weight is 457 g/mol. The maximum absolute atomic E-state index is 13.2. The molecule has 2 unspecified atom stereocenters. The standard InChI is InChI=1S/C25H36N4O4/c1-6-28-20(16-27-13-14-29(18(5)15-27)23(30)17(3)4)21(24(31)33-7-2)22(26-25(28)32)19-11-9-8-10-12-19/h8-12,17-18,22H,6-7,13-16H2,1-5H3,(H,26,32). The molecule has 8 heteroatoms. The summed E-state index contributed by atoms with van der Waals surface area (Å²) >= 11 is 0. The maximum atomic E-state index is 13.2. The fraction of sp³-hybridized carbons (Fsp3) is 0.560. The number of hydrogen-bond acceptors (Lipinski definition) is 5. The predicted molar refractivity (Wildman–Crippen MR) is 126 cm³/mol. The summed E-state index contributed by atoms with van der Waals surface area (Å²) in [6.45, 7) is 12.7. The van der Waals surface area contributed by atoms with E-state index in [0.717, 1.165) is 5.56 Å². The smallest absolute Gasteiger partial charge is 0.338 e. The summed E-state index contributed by atoms with van der Waals surface area (Å²) in [5, 5.41) is 2.99. The van der Waals surface area contributed by atoms with Crippen molar-refractivity contribution < 1.29 is 19.1 Å². The number of piperazine rings is 1. The van der Waals surface area contributed by atoms with Gasteiger partial charge >= 0.3 is 12.0 Å². The van der Waals surface area contributed by atoms with Crippen molar-refractivity contribution in [3.63, 3.8) is 0 Å². The van der Waals surface area contributed by atoms with Crippen LogP contribution in [0.4, 0.5) is 4.79 Å². The number of ether oxygens (including phenoxy) is 1. The van der Waals surface area contributed by atoms with Gasteiger partial charge in [-0.15, -0.1) is 0 Å². The minimum Gasteiger partial charge on any atom is -0.463 e. The highest BCUT2D eigenvalue weighted by molar-refractivity contribution is 5.95. The largest absolute Gasteiger partial charge is 0.463 e. The van der Waals surface area contributed by atoms with Crippen LogP contribution in [0, 0.1) is 5.92 Å². The van der Waals surface area contributed by atoms with E-state index in [1.807, 2.05) is 62.9 Å². The van der Waals surface area contributed by atoms with Crippen LogP contribution in [0.3, 0.4) is 0 Å². The lowest BCUT2D eigenvalue weighted by Gasteiger charge is -2.43. The number of carbonyl (C=O) groups excluding carboxylic acids is 3. The Morgan fingerprint density at radius 2 is 1.85 bits per heavy atom. The molecule has 2 aliphatic rings. The summed E-state index contributed by atoms with van der Waals surface area (Å²) in [6, 6.07) is 8.75. The van der Waals surface area contributed by atoms with Crippen LogP contribution >= 0.6 is 0 Å². The van der Waals surface area contributed by atoms with E-state index in [1.54, 1.807) is 11.8 Å². The van der Waals surface area contributed by atoms with Crippen molar-refractivity contribution in [2.75, 3.05) is 39.3 Å². The summed E-state index contributed by atoms with van der Waals surface area (Å²) in [5.74, 6) is -0.298. The Labute approximate surface area is 196 Å². The molecule has 8 nitrogen and oxygen atoms in total. The van der Waals surface area contributed by atoms with Gasteiger partial charge in [0.2, 0.25) is 5.91 Å². The Balaban J connectivity index is 1.95. The highest BCUT2D eigenvalue weighted by Gasteiger charge is 2.39. The van der Waals surface area contributed by atoms with Crippen molar-refractivity contribution in [3.8, 4) is 0 Å². The van der Waals surface area contributed by atoms with Crippen molar-refractivity contribution in [3.05, 3.63) is 47.2 Å². The normalized spacial score (nSPS) is 21.9. The molecule has 1 aromatic rings. The minimum atomic E-state index is -0.572. The zero-order chi connectivity index (χ0) is 24.1. The fourth-order valence-electron chi connectivity index (χ4n) is 4.60. The van der Waals surface area contributed by atoms with Crippen molar-refractivity contribution in [2.24, 2.45) is 5.92 Å². The molecule has 0 spiro atoms. The monoisotopic (exact) mass is 456 g/mol. The molecule has 0 saturated carbocycles. The SMILES string of the molecule is CCOC(=O)C1=C(CN2CCN(C(=O)C(C)C)C(C)C2)N(CC)C(=O)NC1c1ccccc1. The lowest BCUT2D eigenvalue weighted by molar-refractivity contribution is -0.139. The average Bonchev–Trinajstić information content (AvgIpc) is 2.79. The first kappa shape index (κ1) is 24.8. The molecule has 3 amide bonds. The molecule has 2 heterocycles. The third-order valence-electron chi connectivity index (χ3n) is 6.24. The number of rotatable bonds is 7. The summed E-state index contributed by atoms with van der Waals surface area (Å²) in [4.78, 5) is 44.5. The van der Waals surface area contributed by atoms with Gasteiger partial charge in [0, 0.05) is 50.4 Å². The molecular formula is C25H36N4O4. The molecule has 0 aromatic heterocycles. The van der Waals surface area contributed by atoms with Gasteiger partial charge < -0.3 is 15.0 Å². The Morgan fingerprint density at radius 3 is 2.42 bits per heavy atom. The van der Waals surface area contributed by atoms with Crippen molar-refractivity contribution in [1.29, 1.82) is 0 Å². The van der Waals surface area contributed by atoms with E-state index in [4.69, 9.17) is 4.74 Å². The molecule has 1 N–H and O–H groups in total. The number of carbonyl (C=O) groups is 3. The summed E-state index contributed by atoms with van der Waals surface area (Å²) in [6.07, 6.45) is 0. The van der Waals surface area contributed by atoms with E-state index in [9.17, 15) is 14.4 Å². The number of esters is 1. The molecule has 2 aliphatic heterocycles. The van der Waals surface area contributed by atoms with E-state index in [0.29, 0.717) is 44.0 Å². The Bertz CT molecular complexity index is 899. The van der Waals surface area contributed by atoms with Crippen LogP contribution in [0.25, 0.3) is 0 Å². The van der Waals surface area contributed by atoms with Gasteiger partial charge in [0.1, 0.15) is 0 Å². The van der Waals surface area contributed by atoms with E-state index in [1.165, 1.54) is 0 Å². The van der Waals surface area contributed by atoms with Crippen molar-refractivity contribution in [2.45, 2.75) is 46.7 Å². The van der Waals surface area contributed by atoms with Crippen molar-refractivity contribution >= 4 is 17.9 Å². The molecule has 3 rings (SSSR count). The number of hydrogen-bond donors (Lipinski definition) is 1. The summed E-state index contributed by atoms with van der Waals surface area (Å²) in [5.41, 5.74) is 1.98. The molecule has 2 atom stereocenters. The second-order valence-corrected chi connectivity index (χ2v) is 8.89. The molecule has 180 valence electrons. The van der Waals surface area contributed by atoms with Gasteiger partial charge in [-0.3, -0.25) is 14.6 Å². The number of likely N-dealkylation sites (N-methyl/N-ethyl adjacent to an activating group) is 1. The predicted octanol–water partition coefficient (Wildman–Crippen LogP) is 2.78. The Kier molecular flexibility index (Phi) is 8.13. The lowest BCUT2D eigenvalue weighted by Crippen LogP contribution is -2.57. The number of urea groups is 1. The zero-order valence-electron chi connectivity index (χ0n) is 20.3. The highest BCUT2D eigenvalue weighted by Crippen LogP contribution is 2.32. The van der Waals surface area contributed by atoms with Gasteiger partial charge in [-0.1, -0.05) is 44.2 Å². The van der Waals surface area contributed by atoms with Gasteiger partial charge in [-0.25, -0.2) is 9.59 Å². The Hall–Kier alpha value is -2.87. The summed E-state index contributed by atoms with van der Waals surface area (Å²) < 4.78 is 5.43. The van der Waals surface area contributed by atoms with Crippen LogP contribution in [-0.4, -0.2) is 78.0 Å². The zero-order valence-corrected chi connectivity index (χ0v) is 20.3. The molecule has 1 aromatic carbocycles. The molecule has 0 bridgehead atoms. The number of benzene rings is 1. The van der Waals surface area contributed by atoms with E-state index in [-0.39, 0.29) is 30.5 Å². The second-order valence-electron chi connectivity index (χ2n) is 8.89. The fourth-order valence-corrected chi connectivity index (χ4v) is 4.60. The summed E-state index contributed by atoms with van der Waals surface area (Å²) in [7, 11) is 0. The van der Waals surface area contributed by atoms with Crippen LogP contribution in [0.2, 0.25) is 0 Å². The number of amides is 3. The number of nitrogens with one attached hydrogen (secondary N) is 1. The molecule has 1 fully saturated rings. The third kappa shape index (κ3) is 5.38. The molecule has 0 radical (unpaired) electrons. The quantitative estimate of drug-likeness (QED) is 0.638. The van der Waals surface area contributed by atoms with Crippen LogP contribution < -0.4 is 5.32 Å². The third-order valence-corrected chi connectivity index (χ3v) is 6.24. The minimum absolute atomic E-state index is 0.0404. The maximum Gasteiger partial charge on any atom is 0.338 e.